The Balaban J connectivity index is 1.46. The Morgan fingerprint density at radius 1 is 0.459 bits per heavy atom. The lowest BCUT2D eigenvalue weighted by atomic mass is 10.1. The van der Waals surface area contributed by atoms with Crippen molar-refractivity contribution >= 4 is 21.8 Å². The molecule has 0 fully saturated rings. The molecule has 0 atom stereocenters. The quantitative estimate of drug-likeness (QED) is 0.254. The summed E-state index contributed by atoms with van der Waals surface area (Å²) in [5.74, 6) is -0.599. The number of nitrogens with zero attached hydrogens (tertiary/aromatic N) is 4. The molecule has 0 bridgehead atoms. The van der Waals surface area contributed by atoms with Crippen LogP contribution in [0.25, 0.3) is 61.7 Å². The predicted octanol–water partition coefficient (Wildman–Crippen LogP) is 7.97. The van der Waals surface area contributed by atoms with E-state index in [2.05, 4.69) is 31.7 Å². The number of hydrogen-bond donors (Lipinski definition) is 0. The number of rotatable bonds is 4. The Bertz CT molecular complexity index is 2220. The highest BCUT2D eigenvalue weighted by Crippen LogP contribution is 2.32. The smallest absolute Gasteiger partial charge is 0.164 e. The number of hydrogen-bond acceptors (Lipinski definition) is 3. The van der Waals surface area contributed by atoms with Crippen molar-refractivity contribution in [2.24, 2.45) is 0 Å². The summed E-state index contributed by atoms with van der Waals surface area (Å²) in [5.41, 5.74) is 2.70. The number of aromatic nitrogens is 4. The van der Waals surface area contributed by atoms with Crippen LogP contribution in [-0.2, 0) is 0 Å². The minimum Gasteiger partial charge on any atom is -0.309 e. The largest absolute Gasteiger partial charge is 0.309 e. The molecule has 4 heteroatoms. The normalized spacial score (nSPS) is 15.0. The van der Waals surface area contributed by atoms with Crippen molar-refractivity contribution < 1.29 is 13.7 Å². The zero-order valence-electron chi connectivity index (χ0n) is 29.2. The van der Waals surface area contributed by atoms with Gasteiger partial charge < -0.3 is 4.57 Å². The minimum atomic E-state index is -0.595. The van der Waals surface area contributed by atoms with Crippen molar-refractivity contribution in [3.63, 3.8) is 0 Å². The maximum atomic E-state index is 8.51. The highest BCUT2D eigenvalue weighted by molar-refractivity contribution is 6.09. The van der Waals surface area contributed by atoms with Crippen LogP contribution in [0.3, 0.4) is 0 Å². The summed E-state index contributed by atoms with van der Waals surface area (Å²) in [5, 5.41) is 2.19. The third kappa shape index (κ3) is 3.76. The minimum absolute atomic E-state index is 0.0115. The van der Waals surface area contributed by atoms with Gasteiger partial charge in [0.15, 0.2) is 17.5 Å². The average molecular weight is 485 g/mol. The second-order valence-electron chi connectivity index (χ2n) is 8.22. The van der Waals surface area contributed by atoms with Gasteiger partial charge in [0.2, 0.25) is 0 Å². The SMILES string of the molecule is [2H]c1c([2H])c([2H])c(-c2nc(-c3ccc(-n4c5ccccc5c5ccccc54)cc3)nc(-c3c([2H])c([2H])c([2H])c([2H])c3[2H])n2)c([2H])c1[2H]. The molecule has 5 aromatic carbocycles. The van der Waals surface area contributed by atoms with E-state index in [1.807, 2.05) is 48.5 Å². The molecule has 0 radical (unpaired) electrons. The topological polar surface area (TPSA) is 43.6 Å². The zero-order chi connectivity index (χ0) is 33.3. The number of benzene rings is 5. The molecule has 4 nitrogen and oxygen atoms in total. The fourth-order valence-electron chi connectivity index (χ4n) is 4.41. The van der Waals surface area contributed by atoms with Gasteiger partial charge >= 0.3 is 0 Å². The van der Waals surface area contributed by atoms with E-state index in [9.17, 15) is 0 Å². The van der Waals surface area contributed by atoms with Gasteiger partial charge in [0.25, 0.3) is 0 Å². The molecule has 0 spiro atoms. The molecule has 37 heavy (non-hydrogen) atoms. The highest BCUT2D eigenvalue weighted by atomic mass is 15.0. The van der Waals surface area contributed by atoms with E-state index in [0.29, 0.717) is 5.56 Å². The van der Waals surface area contributed by atoms with Crippen LogP contribution in [0, 0.1) is 0 Å². The van der Waals surface area contributed by atoms with Gasteiger partial charge in [0.05, 0.1) is 24.7 Å². The molecule has 0 aliphatic heterocycles. The first-order chi connectivity index (χ1) is 22.5. The molecule has 2 heterocycles. The molecular formula is C33H22N4. The summed E-state index contributed by atoms with van der Waals surface area (Å²) in [7, 11) is 0. The van der Waals surface area contributed by atoms with Crippen LogP contribution in [0.1, 0.15) is 13.7 Å². The first kappa shape index (κ1) is 13.3. The summed E-state index contributed by atoms with van der Waals surface area (Å²) in [4.78, 5) is 13.3. The van der Waals surface area contributed by atoms with Gasteiger partial charge in [-0.25, -0.2) is 15.0 Å². The standard InChI is InChI=1S/C33H22N4/c1-3-11-23(12-4-1)31-34-32(24-13-5-2-6-14-24)36-33(35-31)25-19-21-26(22-20-25)37-29-17-9-7-15-27(29)28-16-8-10-18-30(28)37/h1-22H/i1D,2D,3D,4D,5D,6D,11D,12D,13D,14D. The first-order valence-electron chi connectivity index (χ1n) is 16.5. The molecule has 0 saturated carbocycles. The Labute approximate surface area is 228 Å². The van der Waals surface area contributed by atoms with E-state index in [4.69, 9.17) is 13.7 Å². The maximum absolute atomic E-state index is 8.51. The summed E-state index contributed by atoms with van der Waals surface area (Å²) in [6, 6.07) is 17.6. The van der Waals surface area contributed by atoms with Crippen LogP contribution in [0.4, 0.5) is 0 Å². The van der Waals surface area contributed by atoms with Crippen LogP contribution in [0.5, 0.6) is 0 Å². The molecule has 0 amide bonds. The van der Waals surface area contributed by atoms with Crippen molar-refractivity contribution in [2.45, 2.75) is 0 Å². The lowest BCUT2D eigenvalue weighted by Gasteiger charge is -2.10. The summed E-state index contributed by atoms with van der Waals surface area (Å²) in [6.07, 6.45) is 0. The fourth-order valence-corrected chi connectivity index (χ4v) is 4.41. The van der Waals surface area contributed by atoms with Crippen molar-refractivity contribution in [2.75, 3.05) is 0 Å². The molecule has 0 aliphatic rings. The van der Waals surface area contributed by atoms with Gasteiger partial charge in [-0.3, -0.25) is 0 Å². The average Bonchev–Trinajstić information content (AvgIpc) is 3.43. The number of para-hydroxylation sites is 2. The maximum Gasteiger partial charge on any atom is 0.164 e. The van der Waals surface area contributed by atoms with E-state index in [1.54, 1.807) is 12.1 Å². The predicted molar refractivity (Wildman–Crippen MR) is 150 cm³/mol. The Morgan fingerprint density at radius 3 is 1.38 bits per heavy atom. The van der Waals surface area contributed by atoms with Crippen LogP contribution in [0.2, 0.25) is 0 Å². The summed E-state index contributed by atoms with van der Waals surface area (Å²) in [6.45, 7) is 0. The van der Waals surface area contributed by atoms with E-state index < -0.39 is 60.4 Å². The van der Waals surface area contributed by atoms with Crippen molar-refractivity contribution in [1.29, 1.82) is 0 Å². The molecule has 0 N–H and O–H groups in total. The van der Waals surface area contributed by atoms with E-state index in [1.165, 1.54) is 0 Å². The molecular weight excluding hydrogens is 452 g/mol. The van der Waals surface area contributed by atoms with Crippen molar-refractivity contribution in [1.82, 2.24) is 19.5 Å². The Hall–Kier alpha value is -5.09. The Morgan fingerprint density at radius 2 is 0.892 bits per heavy atom. The van der Waals surface area contributed by atoms with Crippen LogP contribution < -0.4 is 0 Å². The van der Waals surface area contributed by atoms with Gasteiger partial charge in [-0.1, -0.05) is 96.8 Å². The fraction of sp³-hybridized carbons (Fsp3) is 0. The monoisotopic (exact) mass is 484 g/mol. The molecule has 0 unspecified atom stereocenters. The van der Waals surface area contributed by atoms with Crippen LogP contribution in [-0.4, -0.2) is 19.5 Å². The van der Waals surface area contributed by atoms with Gasteiger partial charge in [0, 0.05) is 33.2 Å². The van der Waals surface area contributed by atoms with Crippen LogP contribution >= 0.6 is 0 Å². The van der Waals surface area contributed by atoms with Gasteiger partial charge in [0.1, 0.15) is 0 Å². The summed E-state index contributed by atoms with van der Waals surface area (Å²) < 4.78 is 84.8. The van der Waals surface area contributed by atoms with E-state index in [0.717, 1.165) is 27.5 Å². The number of fused-ring (bicyclic) bond motifs is 3. The molecule has 7 aromatic rings. The summed E-state index contributed by atoms with van der Waals surface area (Å²) >= 11 is 0. The zero-order valence-corrected chi connectivity index (χ0v) is 19.2. The van der Waals surface area contributed by atoms with Gasteiger partial charge in [-0.05, 0) is 36.4 Å². The first-order valence-corrected chi connectivity index (χ1v) is 11.5. The molecule has 0 aliphatic carbocycles. The van der Waals surface area contributed by atoms with Gasteiger partial charge in [-0.2, -0.15) is 0 Å². The van der Waals surface area contributed by atoms with E-state index >= 15 is 0 Å². The van der Waals surface area contributed by atoms with Crippen molar-refractivity contribution in [3.8, 4) is 39.9 Å². The van der Waals surface area contributed by atoms with Crippen LogP contribution in [0.15, 0.2) is 133 Å². The van der Waals surface area contributed by atoms with Gasteiger partial charge in [-0.15, -0.1) is 0 Å². The highest BCUT2D eigenvalue weighted by Gasteiger charge is 2.14. The second kappa shape index (κ2) is 8.85. The molecule has 7 rings (SSSR count). The molecule has 174 valence electrons. The Kier molecular flexibility index (Phi) is 3.18. The third-order valence-electron chi connectivity index (χ3n) is 6.05. The second-order valence-corrected chi connectivity index (χ2v) is 8.22. The lowest BCUT2D eigenvalue weighted by molar-refractivity contribution is 1.07. The molecule has 2 aromatic heterocycles. The third-order valence-corrected chi connectivity index (χ3v) is 6.05. The lowest BCUT2D eigenvalue weighted by Crippen LogP contribution is -2.00. The van der Waals surface area contributed by atoms with E-state index in [-0.39, 0.29) is 28.6 Å². The van der Waals surface area contributed by atoms with Crippen molar-refractivity contribution in [3.05, 3.63) is 133 Å². The molecule has 0 saturated heterocycles.